The van der Waals surface area contributed by atoms with Gasteiger partial charge in [0.05, 0.1) is 25.6 Å². The minimum Gasteiger partial charge on any atom is -0.342 e. The predicted octanol–water partition coefficient (Wildman–Crippen LogP) is 2.02. The van der Waals surface area contributed by atoms with Crippen molar-refractivity contribution < 1.29 is 18.9 Å². The molecule has 1 atom stereocenters. The van der Waals surface area contributed by atoms with E-state index in [1.807, 2.05) is 34.1 Å². The minimum absolute atomic E-state index is 0.0387. The van der Waals surface area contributed by atoms with Crippen LogP contribution >= 0.6 is 0 Å². The number of para-hydroxylation sites is 1. The molecule has 196 valence electrons. The summed E-state index contributed by atoms with van der Waals surface area (Å²) in [7, 11) is 0. The fourth-order valence-corrected chi connectivity index (χ4v) is 6.82. The van der Waals surface area contributed by atoms with Gasteiger partial charge in [0, 0.05) is 57.3 Å². The highest BCUT2D eigenvalue weighted by Gasteiger charge is 2.48. The Morgan fingerprint density at radius 2 is 1.72 bits per heavy atom. The Morgan fingerprint density at radius 1 is 1.03 bits per heavy atom. The van der Waals surface area contributed by atoms with Crippen molar-refractivity contribution in [3.05, 3.63) is 29.8 Å². The van der Waals surface area contributed by atoms with E-state index in [1.54, 1.807) is 0 Å². The minimum atomic E-state index is -0.757. The summed E-state index contributed by atoms with van der Waals surface area (Å²) in [5.41, 5.74) is 8.46. The predicted molar refractivity (Wildman–Crippen MR) is 138 cm³/mol. The van der Waals surface area contributed by atoms with E-state index in [1.165, 1.54) is 6.42 Å². The van der Waals surface area contributed by atoms with Crippen LogP contribution in [0.15, 0.2) is 24.3 Å². The Labute approximate surface area is 213 Å². The highest BCUT2D eigenvalue weighted by Crippen LogP contribution is 2.30. The molecule has 1 aromatic carbocycles. The summed E-state index contributed by atoms with van der Waals surface area (Å²) >= 11 is 0. The molecule has 36 heavy (non-hydrogen) atoms. The lowest BCUT2D eigenvalue weighted by Crippen LogP contribution is -2.67. The van der Waals surface area contributed by atoms with Gasteiger partial charge in [0.1, 0.15) is 6.04 Å². The molecule has 0 aromatic heterocycles. The monoisotopic (exact) mass is 497 g/mol. The first kappa shape index (κ1) is 25.2. The molecule has 0 bridgehead atoms. The number of likely N-dealkylation sites (tertiary alicyclic amines) is 2. The van der Waals surface area contributed by atoms with Gasteiger partial charge in [0.15, 0.2) is 0 Å². The number of hydrogen-bond donors (Lipinski definition) is 3. The van der Waals surface area contributed by atoms with E-state index in [0.717, 1.165) is 76.0 Å². The largest absolute Gasteiger partial charge is 0.342 e. The van der Waals surface area contributed by atoms with Crippen LogP contribution in [0.1, 0.15) is 56.9 Å². The standard InChI is InChI=1S/C27H40N6O3/c28-23(26(35)33(16-4-1-5-17-33)22-8-12-29-13-9-22)18-25(34)31-14-10-21(11-15-31)32-19-20-6-2-3-7-24(20)30-27(32)36/h2-3,6-7,21-23,29H,1,4-5,8-19,28H2/p+1. The van der Waals surface area contributed by atoms with E-state index in [9.17, 15) is 14.4 Å². The molecule has 1 unspecified atom stereocenters. The molecule has 4 amide bonds. The summed E-state index contributed by atoms with van der Waals surface area (Å²) in [5.74, 6) is 0.0247. The second-order valence-corrected chi connectivity index (χ2v) is 11.0. The molecule has 3 fully saturated rings. The summed E-state index contributed by atoms with van der Waals surface area (Å²) < 4.78 is 0.476. The molecule has 0 saturated carbocycles. The van der Waals surface area contributed by atoms with Crippen LogP contribution in [0.2, 0.25) is 0 Å². The van der Waals surface area contributed by atoms with Crippen molar-refractivity contribution in [1.82, 2.24) is 15.1 Å². The Hall–Kier alpha value is -2.49. The number of nitrogens with two attached hydrogens (primary N) is 1. The van der Waals surface area contributed by atoms with Crippen molar-refractivity contribution in [1.29, 1.82) is 0 Å². The van der Waals surface area contributed by atoms with Crippen molar-refractivity contribution >= 4 is 23.5 Å². The van der Waals surface area contributed by atoms with Crippen LogP contribution in [0.5, 0.6) is 0 Å². The van der Waals surface area contributed by atoms with E-state index in [-0.39, 0.29) is 30.3 Å². The van der Waals surface area contributed by atoms with Crippen molar-refractivity contribution in [3.63, 3.8) is 0 Å². The van der Waals surface area contributed by atoms with Crippen molar-refractivity contribution in [2.24, 2.45) is 5.73 Å². The lowest BCUT2D eigenvalue weighted by molar-refractivity contribution is -0.886. The first-order valence-corrected chi connectivity index (χ1v) is 13.8. The van der Waals surface area contributed by atoms with Gasteiger partial charge in [0.2, 0.25) is 5.91 Å². The second-order valence-electron chi connectivity index (χ2n) is 11.0. The zero-order chi connectivity index (χ0) is 25.1. The van der Waals surface area contributed by atoms with E-state index in [4.69, 9.17) is 5.73 Å². The molecule has 3 saturated heterocycles. The number of anilines is 1. The average molecular weight is 498 g/mol. The SMILES string of the molecule is NC(CC(=O)N1CCC(N2Cc3ccccc3NC2=O)CC1)C(=O)[N+]1(C2CCNCC2)CCCCC1. The Bertz CT molecular complexity index is 964. The van der Waals surface area contributed by atoms with Gasteiger partial charge in [0.25, 0.3) is 0 Å². The van der Waals surface area contributed by atoms with Gasteiger partial charge in [-0.05, 0) is 43.7 Å². The summed E-state index contributed by atoms with van der Waals surface area (Å²) in [4.78, 5) is 43.3. The maximum Gasteiger partial charge on any atom is 0.331 e. The summed E-state index contributed by atoms with van der Waals surface area (Å²) in [6.45, 7) is 5.38. The summed E-state index contributed by atoms with van der Waals surface area (Å²) in [6.07, 6.45) is 6.81. The van der Waals surface area contributed by atoms with Crippen LogP contribution in [0.3, 0.4) is 0 Å². The molecule has 0 radical (unpaired) electrons. The van der Waals surface area contributed by atoms with E-state index in [2.05, 4.69) is 10.6 Å². The lowest BCUT2D eigenvalue weighted by atomic mass is 9.94. The first-order chi connectivity index (χ1) is 17.5. The highest BCUT2D eigenvalue weighted by molar-refractivity contribution is 5.92. The van der Waals surface area contributed by atoms with Gasteiger partial charge in [-0.25, -0.2) is 9.59 Å². The molecule has 4 aliphatic rings. The molecular weight excluding hydrogens is 456 g/mol. The fourth-order valence-electron chi connectivity index (χ4n) is 6.82. The van der Waals surface area contributed by atoms with Crippen LogP contribution < -0.4 is 16.4 Å². The van der Waals surface area contributed by atoms with Gasteiger partial charge in [-0.15, -0.1) is 0 Å². The second kappa shape index (κ2) is 10.9. The Morgan fingerprint density at radius 3 is 2.44 bits per heavy atom. The molecule has 0 aliphatic carbocycles. The van der Waals surface area contributed by atoms with Crippen LogP contribution in [-0.4, -0.2) is 89.5 Å². The number of piperidine rings is 3. The zero-order valence-corrected chi connectivity index (χ0v) is 21.3. The molecule has 5 rings (SSSR count). The molecule has 0 spiro atoms. The number of benzene rings is 1. The van der Waals surface area contributed by atoms with Gasteiger partial charge in [-0.2, -0.15) is 0 Å². The van der Waals surface area contributed by atoms with Gasteiger partial charge >= 0.3 is 11.9 Å². The number of carbonyl (C=O) groups is 3. The molecule has 9 nitrogen and oxygen atoms in total. The average Bonchev–Trinajstić information content (AvgIpc) is 2.93. The van der Waals surface area contributed by atoms with E-state index in [0.29, 0.717) is 30.2 Å². The normalized spacial score (nSPS) is 24.1. The molecule has 4 aliphatic heterocycles. The third-order valence-corrected chi connectivity index (χ3v) is 8.89. The third kappa shape index (κ3) is 5.01. The number of fused-ring (bicyclic) bond motifs is 1. The number of rotatable bonds is 5. The topological polar surface area (TPSA) is 108 Å². The number of amides is 4. The van der Waals surface area contributed by atoms with Gasteiger partial charge in [-0.3, -0.25) is 9.28 Å². The summed E-state index contributed by atoms with van der Waals surface area (Å²) in [6, 6.07) is 7.47. The Balaban J connectivity index is 1.16. The molecule has 4 N–H and O–H groups in total. The highest BCUT2D eigenvalue weighted by atomic mass is 16.2. The van der Waals surface area contributed by atoms with Crippen molar-refractivity contribution in [3.8, 4) is 0 Å². The number of hydrogen-bond acceptors (Lipinski definition) is 5. The van der Waals surface area contributed by atoms with Gasteiger partial charge in [-0.1, -0.05) is 18.2 Å². The van der Waals surface area contributed by atoms with E-state index >= 15 is 0 Å². The smallest absolute Gasteiger partial charge is 0.331 e. The molecule has 9 heteroatoms. The number of carbonyl (C=O) groups excluding carboxylic acids is 3. The lowest BCUT2D eigenvalue weighted by Gasteiger charge is -2.47. The summed E-state index contributed by atoms with van der Waals surface area (Å²) in [5, 5.41) is 6.40. The van der Waals surface area contributed by atoms with E-state index < -0.39 is 6.04 Å². The maximum absolute atomic E-state index is 13.7. The van der Waals surface area contributed by atoms with Crippen LogP contribution in [-0.2, 0) is 16.1 Å². The quantitative estimate of drug-likeness (QED) is 0.540. The van der Waals surface area contributed by atoms with Crippen LogP contribution in [0.4, 0.5) is 10.5 Å². The van der Waals surface area contributed by atoms with Gasteiger partial charge < -0.3 is 26.2 Å². The number of quaternary nitrogens is 1. The first-order valence-electron chi connectivity index (χ1n) is 13.8. The van der Waals surface area contributed by atoms with Crippen molar-refractivity contribution in [2.75, 3.05) is 44.6 Å². The van der Waals surface area contributed by atoms with Crippen molar-refractivity contribution in [2.45, 2.75) is 76.0 Å². The number of urea groups is 1. The zero-order valence-electron chi connectivity index (χ0n) is 21.3. The fraction of sp³-hybridized carbons (Fsp3) is 0.667. The van der Waals surface area contributed by atoms with Crippen LogP contribution in [0, 0.1) is 0 Å². The third-order valence-electron chi connectivity index (χ3n) is 8.89. The maximum atomic E-state index is 13.7. The number of nitrogens with zero attached hydrogens (tertiary/aromatic N) is 3. The Kier molecular flexibility index (Phi) is 7.60. The van der Waals surface area contributed by atoms with Crippen LogP contribution in [0.25, 0.3) is 0 Å². The molecular formula is C27H41N6O3+. The molecule has 1 aromatic rings. The molecule has 4 heterocycles. The number of nitrogens with one attached hydrogen (secondary N) is 2.